The summed E-state index contributed by atoms with van der Waals surface area (Å²) in [5, 5.41) is 11.2. The molecule has 2 aromatic rings. The molecule has 0 amide bonds. The molecule has 1 aliphatic rings. The topological polar surface area (TPSA) is 25.2 Å². The van der Waals surface area contributed by atoms with Gasteiger partial charge in [-0.3, -0.25) is 0 Å². The van der Waals surface area contributed by atoms with Crippen molar-refractivity contribution in [2.45, 2.75) is 25.9 Å². The summed E-state index contributed by atoms with van der Waals surface area (Å²) >= 11 is 0. The van der Waals surface area contributed by atoms with E-state index in [0.717, 1.165) is 18.5 Å². The summed E-state index contributed by atoms with van der Waals surface area (Å²) in [6.45, 7) is 2.12. The molecule has 1 heterocycles. The van der Waals surface area contributed by atoms with Crippen LogP contribution in [0.2, 0.25) is 0 Å². The normalized spacial score (nSPS) is 19.8. The molecule has 1 unspecified atom stereocenters. The largest absolute Gasteiger partial charge is 0.387 e. The van der Waals surface area contributed by atoms with Crippen molar-refractivity contribution in [3.8, 4) is 0 Å². The van der Waals surface area contributed by atoms with Crippen LogP contribution in [0, 0.1) is 6.92 Å². The van der Waals surface area contributed by atoms with Crippen molar-refractivity contribution >= 4 is 10.9 Å². The van der Waals surface area contributed by atoms with Gasteiger partial charge in [-0.2, -0.15) is 0 Å². The predicted molar refractivity (Wildman–Crippen MR) is 60.9 cm³/mol. The molecule has 0 saturated carbocycles. The van der Waals surface area contributed by atoms with Gasteiger partial charge in [0.15, 0.2) is 0 Å². The molecule has 0 saturated heterocycles. The summed E-state index contributed by atoms with van der Waals surface area (Å²) < 4.78 is 2.14. The Balaban J connectivity index is 2.43. The van der Waals surface area contributed by atoms with E-state index in [-0.39, 0.29) is 6.10 Å². The van der Waals surface area contributed by atoms with Gasteiger partial charge >= 0.3 is 0 Å². The third-order valence-corrected chi connectivity index (χ3v) is 3.49. The van der Waals surface area contributed by atoms with Gasteiger partial charge in [-0.15, -0.1) is 0 Å². The highest BCUT2D eigenvalue weighted by Gasteiger charge is 2.26. The molecule has 2 heteroatoms. The maximum atomic E-state index is 9.91. The number of aryl methyl sites for hydroxylation is 3. The van der Waals surface area contributed by atoms with Gasteiger partial charge in [0.05, 0.1) is 11.8 Å². The first-order valence-corrected chi connectivity index (χ1v) is 5.44. The number of rotatable bonds is 0. The van der Waals surface area contributed by atoms with Gasteiger partial charge in [0.1, 0.15) is 0 Å². The second-order valence-corrected chi connectivity index (χ2v) is 4.50. The van der Waals surface area contributed by atoms with Gasteiger partial charge in [0.2, 0.25) is 0 Å². The van der Waals surface area contributed by atoms with E-state index in [0.29, 0.717) is 0 Å². The van der Waals surface area contributed by atoms with Crippen LogP contribution in [-0.2, 0) is 13.5 Å². The molecule has 0 fully saturated rings. The van der Waals surface area contributed by atoms with Crippen molar-refractivity contribution in [1.82, 2.24) is 4.57 Å². The Morgan fingerprint density at radius 2 is 2.20 bits per heavy atom. The lowest BCUT2D eigenvalue weighted by molar-refractivity contribution is 0.172. The fourth-order valence-electron chi connectivity index (χ4n) is 2.76. The number of hydrogen-bond acceptors (Lipinski definition) is 1. The third-order valence-electron chi connectivity index (χ3n) is 3.49. The zero-order chi connectivity index (χ0) is 10.6. The van der Waals surface area contributed by atoms with E-state index in [1.54, 1.807) is 0 Å². The van der Waals surface area contributed by atoms with E-state index in [4.69, 9.17) is 0 Å². The second-order valence-electron chi connectivity index (χ2n) is 4.50. The summed E-state index contributed by atoms with van der Waals surface area (Å²) in [7, 11) is 2.05. The van der Waals surface area contributed by atoms with Gasteiger partial charge < -0.3 is 9.67 Å². The highest BCUT2D eigenvalue weighted by Crippen LogP contribution is 2.38. The van der Waals surface area contributed by atoms with E-state index in [2.05, 4.69) is 29.7 Å². The van der Waals surface area contributed by atoms with E-state index in [1.165, 1.54) is 22.0 Å². The lowest BCUT2D eigenvalue weighted by Gasteiger charge is -2.06. The van der Waals surface area contributed by atoms with Crippen LogP contribution in [0.5, 0.6) is 0 Å². The molecule has 1 aliphatic carbocycles. The Bertz CT molecular complexity index is 539. The minimum Gasteiger partial charge on any atom is -0.387 e. The molecule has 1 aromatic heterocycles. The standard InChI is InChI=1S/C13H15NO/c1-8-3-5-11-10(7-8)9-4-6-12(15)13(9)14(11)2/h3,5,7,12,15H,4,6H2,1-2H3. The van der Waals surface area contributed by atoms with Crippen molar-refractivity contribution in [1.29, 1.82) is 0 Å². The smallest absolute Gasteiger partial charge is 0.0946 e. The van der Waals surface area contributed by atoms with Crippen LogP contribution in [-0.4, -0.2) is 9.67 Å². The molecule has 0 radical (unpaired) electrons. The Hall–Kier alpha value is -1.28. The number of aliphatic hydroxyl groups excluding tert-OH is 1. The van der Waals surface area contributed by atoms with Gasteiger partial charge in [0, 0.05) is 18.0 Å². The number of benzene rings is 1. The molecular weight excluding hydrogens is 186 g/mol. The van der Waals surface area contributed by atoms with Crippen LogP contribution >= 0.6 is 0 Å². The van der Waals surface area contributed by atoms with Crippen molar-refractivity contribution < 1.29 is 5.11 Å². The first-order chi connectivity index (χ1) is 7.18. The minimum atomic E-state index is -0.266. The average Bonchev–Trinajstić information content (AvgIpc) is 2.70. The van der Waals surface area contributed by atoms with Crippen molar-refractivity contribution in [3.63, 3.8) is 0 Å². The van der Waals surface area contributed by atoms with Crippen molar-refractivity contribution in [3.05, 3.63) is 35.0 Å². The minimum absolute atomic E-state index is 0.266. The summed E-state index contributed by atoms with van der Waals surface area (Å²) in [5.41, 5.74) is 5.00. The van der Waals surface area contributed by atoms with Gasteiger partial charge in [0.25, 0.3) is 0 Å². The molecule has 1 aromatic carbocycles. The molecule has 2 nitrogen and oxygen atoms in total. The lowest BCUT2D eigenvalue weighted by atomic mass is 10.1. The van der Waals surface area contributed by atoms with Crippen LogP contribution in [0.25, 0.3) is 10.9 Å². The molecule has 0 bridgehead atoms. The number of aromatic nitrogens is 1. The zero-order valence-corrected chi connectivity index (χ0v) is 9.12. The Labute approximate surface area is 89.1 Å². The Morgan fingerprint density at radius 3 is 3.00 bits per heavy atom. The number of fused-ring (bicyclic) bond motifs is 3. The fourth-order valence-corrected chi connectivity index (χ4v) is 2.76. The fraction of sp³-hybridized carbons (Fsp3) is 0.385. The average molecular weight is 201 g/mol. The lowest BCUT2D eigenvalue weighted by Crippen LogP contribution is -1.99. The van der Waals surface area contributed by atoms with Gasteiger partial charge in [-0.25, -0.2) is 0 Å². The monoisotopic (exact) mass is 201 g/mol. The van der Waals surface area contributed by atoms with Crippen LogP contribution in [0.4, 0.5) is 0 Å². The first-order valence-electron chi connectivity index (χ1n) is 5.44. The third kappa shape index (κ3) is 1.08. The molecule has 1 atom stereocenters. The number of nitrogens with zero attached hydrogens (tertiary/aromatic N) is 1. The Kier molecular flexibility index (Phi) is 1.71. The first kappa shape index (κ1) is 8.98. The highest BCUT2D eigenvalue weighted by molar-refractivity contribution is 5.87. The molecule has 78 valence electrons. The molecule has 0 spiro atoms. The maximum absolute atomic E-state index is 9.91. The zero-order valence-electron chi connectivity index (χ0n) is 9.12. The van der Waals surface area contributed by atoms with Crippen molar-refractivity contribution in [2.75, 3.05) is 0 Å². The van der Waals surface area contributed by atoms with E-state index in [1.807, 2.05) is 7.05 Å². The summed E-state index contributed by atoms with van der Waals surface area (Å²) in [6, 6.07) is 6.51. The molecule has 15 heavy (non-hydrogen) atoms. The van der Waals surface area contributed by atoms with Crippen LogP contribution < -0.4 is 0 Å². The van der Waals surface area contributed by atoms with E-state index in [9.17, 15) is 5.11 Å². The van der Waals surface area contributed by atoms with E-state index < -0.39 is 0 Å². The van der Waals surface area contributed by atoms with Crippen molar-refractivity contribution in [2.24, 2.45) is 7.05 Å². The SMILES string of the molecule is Cc1ccc2c(c1)c1c(n2C)C(O)CC1. The molecule has 3 rings (SSSR count). The highest BCUT2D eigenvalue weighted by atomic mass is 16.3. The summed E-state index contributed by atoms with van der Waals surface area (Å²) in [5.74, 6) is 0. The number of hydrogen-bond donors (Lipinski definition) is 1. The van der Waals surface area contributed by atoms with E-state index >= 15 is 0 Å². The Morgan fingerprint density at radius 1 is 1.40 bits per heavy atom. The van der Waals surface area contributed by atoms with Crippen LogP contribution in [0.1, 0.15) is 29.3 Å². The molecule has 0 aliphatic heterocycles. The van der Waals surface area contributed by atoms with Crippen LogP contribution in [0.3, 0.4) is 0 Å². The predicted octanol–water partition coefficient (Wildman–Crippen LogP) is 2.47. The molecule has 1 N–H and O–H groups in total. The second kappa shape index (κ2) is 2.86. The maximum Gasteiger partial charge on any atom is 0.0946 e. The van der Waals surface area contributed by atoms with Crippen LogP contribution in [0.15, 0.2) is 18.2 Å². The van der Waals surface area contributed by atoms with Gasteiger partial charge in [-0.1, -0.05) is 11.6 Å². The van der Waals surface area contributed by atoms with Gasteiger partial charge in [-0.05, 0) is 37.5 Å². The quantitative estimate of drug-likeness (QED) is 0.696. The summed E-state index contributed by atoms with van der Waals surface area (Å²) in [6.07, 6.45) is 1.62. The molecular formula is C13H15NO. The number of aliphatic hydroxyl groups is 1. The summed E-state index contributed by atoms with van der Waals surface area (Å²) in [4.78, 5) is 0.